The molecule has 1 saturated carbocycles. The number of alkyl carbamates (subject to hydrolysis) is 1. The summed E-state index contributed by atoms with van der Waals surface area (Å²) in [6.07, 6.45) is 3.28. The van der Waals surface area contributed by atoms with Gasteiger partial charge in [0.25, 0.3) is 0 Å². The number of carbonyl (C=O) groups is 3. The highest BCUT2D eigenvalue weighted by Crippen LogP contribution is 2.37. The number of amides is 3. The fraction of sp³-hybridized carbons (Fsp3) is 0.475. The molecule has 1 aliphatic rings. The van der Waals surface area contributed by atoms with Gasteiger partial charge >= 0.3 is 18.3 Å². The van der Waals surface area contributed by atoms with Crippen LogP contribution in [-0.2, 0) is 27.1 Å². The van der Waals surface area contributed by atoms with Crippen LogP contribution in [0.1, 0.15) is 92.8 Å². The lowest BCUT2D eigenvalue weighted by Crippen LogP contribution is -2.44. The summed E-state index contributed by atoms with van der Waals surface area (Å²) in [4.78, 5) is 65.2. The van der Waals surface area contributed by atoms with Gasteiger partial charge in [0.1, 0.15) is 22.5 Å². The van der Waals surface area contributed by atoms with E-state index >= 15 is 0 Å². The summed E-state index contributed by atoms with van der Waals surface area (Å²) in [5, 5.41) is 7.09. The van der Waals surface area contributed by atoms with E-state index in [9.17, 15) is 19.2 Å². The van der Waals surface area contributed by atoms with E-state index in [1.807, 2.05) is 24.3 Å². The molecular weight excluding hydrogens is 692 g/mol. The van der Waals surface area contributed by atoms with Gasteiger partial charge in [0.2, 0.25) is 5.56 Å². The Morgan fingerprint density at radius 1 is 0.870 bits per heavy atom. The highest BCUT2D eigenvalue weighted by atomic mass is 16.6. The summed E-state index contributed by atoms with van der Waals surface area (Å²) in [6.45, 7) is 15.8. The summed E-state index contributed by atoms with van der Waals surface area (Å²) in [6, 6.07) is 12.3. The van der Waals surface area contributed by atoms with Gasteiger partial charge in [-0.2, -0.15) is 4.90 Å². The quantitative estimate of drug-likeness (QED) is 0.150. The Labute approximate surface area is 315 Å². The largest absolute Gasteiger partial charge is 0.444 e. The van der Waals surface area contributed by atoms with Gasteiger partial charge in [-0.15, -0.1) is 0 Å². The molecule has 2 N–H and O–H groups in total. The predicted octanol–water partition coefficient (Wildman–Crippen LogP) is 8.24. The Hall–Kier alpha value is -5.53. The molecule has 0 saturated heterocycles. The first-order chi connectivity index (χ1) is 25.2. The van der Waals surface area contributed by atoms with Crippen molar-refractivity contribution in [2.24, 2.45) is 5.92 Å². The van der Waals surface area contributed by atoms with Crippen LogP contribution >= 0.6 is 0 Å². The molecule has 0 radical (unpaired) electrons. The number of H-pyrrole nitrogens is 1. The molecular formula is C40H50N6O8. The van der Waals surface area contributed by atoms with E-state index in [1.54, 1.807) is 74.4 Å². The number of hydrogen-bond donors (Lipinski definition) is 2. The molecule has 0 aliphatic heterocycles. The molecule has 54 heavy (non-hydrogen) atoms. The number of ether oxygens (including phenoxy) is 3. The molecule has 288 valence electrons. The Kier molecular flexibility index (Phi) is 11.6. The number of rotatable bonds is 10. The van der Waals surface area contributed by atoms with Gasteiger partial charge in [-0.05, 0) is 105 Å². The van der Waals surface area contributed by atoms with Crippen molar-refractivity contribution in [1.29, 1.82) is 0 Å². The number of benzene rings is 1. The van der Waals surface area contributed by atoms with E-state index in [0.717, 1.165) is 24.8 Å². The van der Waals surface area contributed by atoms with E-state index in [2.05, 4.69) is 20.4 Å². The molecule has 1 aliphatic carbocycles. The Balaban J connectivity index is 1.56. The number of aromatic nitrogens is 4. The highest BCUT2D eigenvalue weighted by molar-refractivity contribution is 6.10. The zero-order valence-corrected chi connectivity index (χ0v) is 32.5. The van der Waals surface area contributed by atoms with Crippen LogP contribution < -0.4 is 15.8 Å². The van der Waals surface area contributed by atoms with Gasteiger partial charge in [0.15, 0.2) is 17.3 Å². The van der Waals surface area contributed by atoms with Gasteiger partial charge in [-0.3, -0.25) is 4.79 Å². The first kappa shape index (κ1) is 39.7. The van der Waals surface area contributed by atoms with Crippen LogP contribution in [0.4, 0.5) is 20.2 Å². The normalized spacial score (nSPS) is 13.3. The molecule has 5 rings (SSSR count). The maximum Gasteiger partial charge on any atom is 0.425 e. The van der Waals surface area contributed by atoms with Gasteiger partial charge in [-0.1, -0.05) is 36.2 Å². The first-order valence-corrected chi connectivity index (χ1v) is 18.1. The maximum absolute atomic E-state index is 13.7. The third-order valence-corrected chi connectivity index (χ3v) is 7.94. The monoisotopic (exact) mass is 742 g/mol. The van der Waals surface area contributed by atoms with Crippen LogP contribution in [0.2, 0.25) is 0 Å². The molecule has 14 heteroatoms. The fourth-order valence-corrected chi connectivity index (χ4v) is 5.45. The number of nitrogens with one attached hydrogen (secondary N) is 2. The lowest BCUT2D eigenvalue weighted by molar-refractivity contribution is 0.0426. The number of imide groups is 1. The number of anilines is 1. The zero-order chi connectivity index (χ0) is 39.4. The van der Waals surface area contributed by atoms with Crippen LogP contribution in [0.15, 0.2) is 58.0 Å². The number of hydrogen-bond acceptors (Lipinski definition) is 11. The van der Waals surface area contributed by atoms with Crippen molar-refractivity contribution in [2.75, 3.05) is 11.4 Å². The Morgan fingerprint density at radius 2 is 1.54 bits per heavy atom. The van der Waals surface area contributed by atoms with Crippen molar-refractivity contribution in [2.45, 2.75) is 111 Å². The molecule has 0 unspecified atom stereocenters. The standard InChI is InChI=1S/C40H50N6O8/c1-38(2,3)51-35(48)41-20-19-25-11-10-12-26(21-25)29-22-31(54-45-29)33-34(46(36(49)52-39(4,5)6)37(50)53-40(7,8)9)42-23-30(44-33)27-16-18-32(47)43-28(27)17-15-24-13-14-24/h10-12,16,18,21-24H,13-15,17,19-20H2,1-9H3,(H,41,48)(H,43,47). The van der Waals surface area contributed by atoms with Crippen LogP contribution in [-0.4, -0.2) is 61.7 Å². The predicted molar refractivity (Wildman–Crippen MR) is 203 cm³/mol. The van der Waals surface area contributed by atoms with Gasteiger partial charge in [-0.25, -0.2) is 24.4 Å². The summed E-state index contributed by atoms with van der Waals surface area (Å²) >= 11 is 0. The Bertz CT molecular complexity index is 2020. The van der Waals surface area contributed by atoms with Crippen molar-refractivity contribution < 1.29 is 33.1 Å². The number of pyridine rings is 1. The minimum absolute atomic E-state index is 0.0139. The van der Waals surface area contributed by atoms with E-state index in [4.69, 9.17) is 23.7 Å². The summed E-state index contributed by atoms with van der Waals surface area (Å²) in [5.41, 5.74) is 1.04. The molecule has 3 aromatic heterocycles. The molecule has 1 fully saturated rings. The average molecular weight is 743 g/mol. The fourth-order valence-electron chi connectivity index (χ4n) is 5.45. The average Bonchev–Trinajstić information content (AvgIpc) is 3.75. The van der Waals surface area contributed by atoms with Gasteiger partial charge < -0.3 is 29.0 Å². The smallest absolute Gasteiger partial charge is 0.425 e. The van der Waals surface area contributed by atoms with Crippen molar-refractivity contribution >= 4 is 24.1 Å². The molecule has 0 spiro atoms. The van der Waals surface area contributed by atoms with Gasteiger partial charge in [0, 0.05) is 35.5 Å². The zero-order valence-electron chi connectivity index (χ0n) is 32.5. The molecule has 14 nitrogen and oxygen atoms in total. The van der Waals surface area contributed by atoms with Crippen molar-refractivity contribution in [3.05, 3.63) is 70.3 Å². The summed E-state index contributed by atoms with van der Waals surface area (Å²) in [5.74, 6) is 0.525. The van der Waals surface area contributed by atoms with Crippen molar-refractivity contribution in [3.8, 4) is 34.0 Å². The van der Waals surface area contributed by atoms with Gasteiger partial charge in [0.05, 0.1) is 11.9 Å². The summed E-state index contributed by atoms with van der Waals surface area (Å²) < 4.78 is 22.5. The highest BCUT2D eigenvalue weighted by Gasteiger charge is 2.37. The lowest BCUT2D eigenvalue weighted by atomic mass is 10.0. The minimum atomic E-state index is -1.03. The van der Waals surface area contributed by atoms with Crippen LogP contribution in [0, 0.1) is 5.92 Å². The third-order valence-electron chi connectivity index (χ3n) is 7.94. The molecule has 1 aromatic carbocycles. The van der Waals surface area contributed by atoms with Crippen LogP contribution in [0.3, 0.4) is 0 Å². The molecule has 4 aromatic rings. The SMILES string of the molecule is CC(C)(C)OC(=O)NCCc1cccc(-c2cc(-c3nc(-c4ccc(=O)[nH]c4CCC4CC4)cnc3N(C(=O)OC(C)(C)C)C(=O)OC(C)(C)C)on2)c1. The second-order valence-electron chi connectivity index (χ2n) is 16.4. The van der Waals surface area contributed by atoms with E-state index in [-0.39, 0.29) is 22.8 Å². The molecule has 0 atom stereocenters. The van der Waals surface area contributed by atoms with E-state index < -0.39 is 35.1 Å². The van der Waals surface area contributed by atoms with E-state index in [1.165, 1.54) is 12.3 Å². The second-order valence-corrected chi connectivity index (χ2v) is 16.4. The number of aryl methyl sites for hydroxylation is 1. The lowest BCUT2D eigenvalue weighted by Gasteiger charge is -2.28. The number of aromatic amines is 1. The first-order valence-electron chi connectivity index (χ1n) is 18.1. The summed E-state index contributed by atoms with van der Waals surface area (Å²) in [7, 11) is 0. The molecule has 0 bridgehead atoms. The number of carbonyl (C=O) groups excluding carboxylic acids is 3. The minimum Gasteiger partial charge on any atom is -0.444 e. The number of nitrogens with zero attached hydrogens (tertiary/aromatic N) is 4. The van der Waals surface area contributed by atoms with Crippen LogP contribution in [0.5, 0.6) is 0 Å². The van der Waals surface area contributed by atoms with Crippen molar-refractivity contribution in [3.63, 3.8) is 0 Å². The second kappa shape index (κ2) is 15.8. The third kappa shape index (κ3) is 11.2. The molecule has 3 amide bonds. The van der Waals surface area contributed by atoms with Crippen molar-refractivity contribution in [1.82, 2.24) is 25.4 Å². The maximum atomic E-state index is 13.7. The Morgan fingerprint density at radius 3 is 2.17 bits per heavy atom. The van der Waals surface area contributed by atoms with Crippen LogP contribution in [0.25, 0.3) is 34.0 Å². The molecule has 3 heterocycles. The van der Waals surface area contributed by atoms with E-state index in [0.29, 0.717) is 58.4 Å². The topological polar surface area (TPSA) is 179 Å².